The lowest BCUT2D eigenvalue weighted by Crippen LogP contribution is -2.47. The van der Waals surface area contributed by atoms with Crippen molar-refractivity contribution in [3.63, 3.8) is 0 Å². The van der Waals surface area contributed by atoms with Crippen molar-refractivity contribution in [2.45, 2.75) is 32.2 Å². The van der Waals surface area contributed by atoms with Gasteiger partial charge in [0.25, 0.3) is 0 Å². The van der Waals surface area contributed by atoms with Crippen LogP contribution in [0.2, 0.25) is 0 Å². The molecule has 1 saturated heterocycles. The minimum Gasteiger partial charge on any atom is -0.341 e. The number of imidazole rings is 1. The number of benzene rings is 1. The van der Waals surface area contributed by atoms with Crippen LogP contribution in [0.1, 0.15) is 31.4 Å². The van der Waals surface area contributed by atoms with Gasteiger partial charge < -0.3 is 9.88 Å². The minimum atomic E-state index is 0.970. The van der Waals surface area contributed by atoms with Crippen molar-refractivity contribution in [3.05, 3.63) is 42.2 Å². The molecule has 0 bridgehead atoms. The molecule has 1 aliphatic heterocycles. The number of hydrogen-bond donors (Lipinski definition) is 1. The summed E-state index contributed by atoms with van der Waals surface area (Å²) >= 11 is 0. The molecule has 1 aliphatic carbocycles. The molecule has 0 radical (unpaired) electrons. The van der Waals surface area contributed by atoms with Gasteiger partial charge in [-0.25, -0.2) is 4.98 Å². The summed E-state index contributed by atoms with van der Waals surface area (Å²) in [6, 6.07) is 10.4. The number of nitrogens with zero attached hydrogens (tertiary/aromatic N) is 3. The number of rotatable bonds is 5. The van der Waals surface area contributed by atoms with Crippen molar-refractivity contribution < 1.29 is 0 Å². The van der Waals surface area contributed by atoms with E-state index in [1.165, 1.54) is 64.1 Å². The molecule has 0 spiro atoms. The SMILES string of the molecule is c1ccc(-c2ncc(CN3CCN(CC4CCCC4)CC3)[nH]2)cc1. The van der Waals surface area contributed by atoms with Crippen molar-refractivity contribution >= 4 is 0 Å². The highest BCUT2D eigenvalue weighted by molar-refractivity contribution is 5.54. The van der Waals surface area contributed by atoms with Crippen LogP contribution in [0.15, 0.2) is 36.5 Å². The van der Waals surface area contributed by atoms with Gasteiger partial charge in [-0.1, -0.05) is 43.2 Å². The first-order valence-electron chi connectivity index (χ1n) is 9.41. The van der Waals surface area contributed by atoms with Crippen LogP contribution in [0, 0.1) is 5.92 Å². The normalized spacial score (nSPS) is 20.7. The predicted octanol–water partition coefficient (Wildman–Crippen LogP) is 3.38. The largest absolute Gasteiger partial charge is 0.341 e. The van der Waals surface area contributed by atoms with Crippen molar-refractivity contribution in [2.24, 2.45) is 5.92 Å². The van der Waals surface area contributed by atoms with Crippen LogP contribution >= 0.6 is 0 Å². The molecule has 4 heteroatoms. The molecule has 2 aromatic rings. The molecule has 1 saturated carbocycles. The van der Waals surface area contributed by atoms with Gasteiger partial charge in [0.05, 0.1) is 0 Å². The molecule has 2 aliphatic rings. The Bertz CT molecular complexity index is 622. The standard InChI is InChI=1S/C20H28N4/c1-2-8-18(9-3-1)20-21-14-19(22-20)16-24-12-10-23(11-13-24)15-17-6-4-5-7-17/h1-3,8-9,14,17H,4-7,10-13,15-16H2,(H,21,22). The van der Waals surface area contributed by atoms with E-state index in [0.717, 1.165) is 23.9 Å². The van der Waals surface area contributed by atoms with Crippen LogP contribution in [-0.4, -0.2) is 52.5 Å². The molecular weight excluding hydrogens is 296 g/mol. The van der Waals surface area contributed by atoms with Gasteiger partial charge in [-0.15, -0.1) is 0 Å². The lowest BCUT2D eigenvalue weighted by molar-refractivity contribution is 0.113. The van der Waals surface area contributed by atoms with E-state index in [1.807, 2.05) is 12.3 Å². The number of aromatic amines is 1. The Hall–Kier alpha value is -1.65. The van der Waals surface area contributed by atoms with Gasteiger partial charge >= 0.3 is 0 Å². The molecule has 0 amide bonds. The van der Waals surface area contributed by atoms with Gasteiger partial charge in [0.1, 0.15) is 5.82 Å². The zero-order valence-electron chi connectivity index (χ0n) is 14.5. The lowest BCUT2D eigenvalue weighted by atomic mass is 10.1. The number of piperazine rings is 1. The minimum absolute atomic E-state index is 0.970. The van der Waals surface area contributed by atoms with E-state index >= 15 is 0 Å². The van der Waals surface area contributed by atoms with Crippen LogP contribution in [0.25, 0.3) is 11.4 Å². The summed E-state index contributed by atoms with van der Waals surface area (Å²) in [5.41, 5.74) is 2.38. The van der Waals surface area contributed by atoms with Gasteiger partial charge in [-0.05, 0) is 18.8 Å². The molecular formula is C20H28N4. The van der Waals surface area contributed by atoms with Crippen LogP contribution < -0.4 is 0 Å². The van der Waals surface area contributed by atoms with E-state index in [9.17, 15) is 0 Å². The summed E-state index contributed by atoms with van der Waals surface area (Å²) in [7, 11) is 0. The first kappa shape index (κ1) is 15.9. The van der Waals surface area contributed by atoms with Crippen molar-refractivity contribution in [1.82, 2.24) is 19.8 Å². The van der Waals surface area contributed by atoms with E-state index in [-0.39, 0.29) is 0 Å². The summed E-state index contributed by atoms with van der Waals surface area (Å²) < 4.78 is 0. The fourth-order valence-corrected chi connectivity index (χ4v) is 4.11. The number of aromatic nitrogens is 2. The summed E-state index contributed by atoms with van der Waals surface area (Å²) in [6.07, 6.45) is 7.81. The number of hydrogen-bond acceptors (Lipinski definition) is 3. The first-order valence-corrected chi connectivity index (χ1v) is 9.41. The second kappa shape index (κ2) is 7.49. The van der Waals surface area contributed by atoms with E-state index < -0.39 is 0 Å². The van der Waals surface area contributed by atoms with Crippen LogP contribution in [0.4, 0.5) is 0 Å². The smallest absolute Gasteiger partial charge is 0.137 e. The fourth-order valence-electron chi connectivity index (χ4n) is 4.11. The topological polar surface area (TPSA) is 35.2 Å². The van der Waals surface area contributed by atoms with Gasteiger partial charge in [0, 0.05) is 56.7 Å². The van der Waals surface area contributed by atoms with Crippen LogP contribution in [0.5, 0.6) is 0 Å². The Morgan fingerprint density at radius 3 is 2.42 bits per heavy atom. The van der Waals surface area contributed by atoms with E-state index in [4.69, 9.17) is 0 Å². The lowest BCUT2D eigenvalue weighted by Gasteiger charge is -2.35. The fraction of sp³-hybridized carbons (Fsp3) is 0.550. The monoisotopic (exact) mass is 324 g/mol. The summed E-state index contributed by atoms with van der Waals surface area (Å²) in [5, 5.41) is 0. The van der Waals surface area contributed by atoms with E-state index in [0.29, 0.717) is 0 Å². The summed E-state index contributed by atoms with van der Waals surface area (Å²) in [4.78, 5) is 13.2. The molecule has 1 N–H and O–H groups in total. The maximum Gasteiger partial charge on any atom is 0.137 e. The Balaban J connectivity index is 1.27. The maximum atomic E-state index is 4.54. The predicted molar refractivity (Wildman–Crippen MR) is 97.7 cm³/mol. The third-order valence-corrected chi connectivity index (χ3v) is 5.53. The molecule has 0 unspecified atom stereocenters. The van der Waals surface area contributed by atoms with Crippen molar-refractivity contribution in [2.75, 3.05) is 32.7 Å². The highest BCUT2D eigenvalue weighted by Gasteiger charge is 2.22. The molecule has 24 heavy (non-hydrogen) atoms. The third kappa shape index (κ3) is 3.87. The molecule has 2 heterocycles. The molecule has 0 atom stereocenters. The second-order valence-corrected chi connectivity index (χ2v) is 7.35. The average molecular weight is 324 g/mol. The summed E-state index contributed by atoms with van der Waals surface area (Å²) in [5.74, 6) is 1.95. The number of H-pyrrole nitrogens is 1. The molecule has 1 aromatic carbocycles. The van der Waals surface area contributed by atoms with Crippen molar-refractivity contribution in [1.29, 1.82) is 0 Å². The molecule has 1 aromatic heterocycles. The summed E-state index contributed by atoms with van der Waals surface area (Å²) in [6.45, 7) is 7.10. The molecule has 2 fully saturated rings. The molecule has 128 valence electrons. The van der Waals surface area contributed by atoms with E-state index in [2.05, 4.69) is 44.0 Å². The number of nitrogens with one attached hydrogen (secondary N) is 1. The highest BCUT2D eigenvalue weighted by Crippen LogP contribution is 2.26. The van der Waals surface area contributed by atoms with Crippen molar-refractivity contribution in [3.8, 4) is 11.4 Å². The Labute approximate surface area is 144 Å². The van der Waals surface area contributed by atoms with Crippen LogP contribution in [-0.2, 0) is 6.54 Å². The zero-order chi connectivity index (χ0) is 16.2. The van der Waals surface area contributed by atoms with Gasteiger partial charge in [0.2, 0.25) is 0 Å². The average Bonchev–Trinajstić information content (AvgIpc) is 3.29. The third-order valence-electron chi connectivity index (χ3n) is 5.53. The van der Waals surface area contributed by atoms with Gasteiger partial charge in [0.15, 0.2) is 0 Å². The first-order chi connectivity index (χ1) is 11.9. The van der Waals surface area contributed by atoms with Crippen LogP contribution in [0.3, 0.4) is 0 Å². The molecule has 4 rings (SSSR count). The van der Waals surface area contributed by atoms with Gasteiger partial charge in [-0.2, -0.15) is 0 Å². The second-order valence-electron chi connectivity index (χ2n) is 7.35. The molecule has 4 nitrogen and oxygen atoms in total. The van der Waals surface area contributed by atoms with E-state index in [1.54, 1.807) is 0 Å². The zero-order valence-corrected chi connectivity index (χ0v) is 14.5. The Morgan fingerprint density at radius 1 is 0.958 bits per heavy atom. The Morgan fingerprint density at radius 2 is 1.67 bits per heavy atom. The van der Waals surface area contributed by atoms with Gasteiger partial charge in [-0.3, -0.25) is 4.90 Å². The Kier molecular flexibility index (Phi) is 4.95. The maximum absolute atomic E-state index is 4.54. The quantitative estimate of drug-likeness (QED) is 0.916. The highest BCUT2D eigenvalue weighted by atomic mass is 15.3.